The molecule has 0 aromatic carbocycles. The minimum Gasteiger partial charge on any atom is -0.312 e. The zero-order valence-corrected chi connectivity index (χ0v) is 15.7. The molecule has 116 valence electrons. The summed E-state index contributed by atoms with van der Waals surface area (Å²) in [6.45, 7) is 7.60. The Morgan fingerprint density at radius 2 is 2.10 bits per heavy atom. The fourth-order valence-electron chi connectivity index (χ4n) is 1.90. The monoisotopic (exact) mass is 382 g/mol. The molecule has 0 fully saturated rings. The largest absolute Gasteiger partial charge is 0.312 e. The van der Waals surface area contributed by atoms with Gasteiger partial charge in [-0.05, 0) is 41.9 Å². The molecule has 4 nitrogen and oxygen atoms in total. The normalized spacial score (nSPS) is 13.9. The van der Waals surface area contributed by atoms with Gasteiger partial charge in [0.2, 0.25) is 10.0 Å². The number of hydrogen-bond acceptors (Lipinski definition) is 4. The van der Waals surface area contributed by atoms with E-state index in [2.05, 4.69) is 28.2 Å². The number of rotatable bonds is 8. The van der Waals surface area contributed by atoms with Crippen molar-refractivity contribution in [3.63, 3.8) is 0 Å². The van der Waals surface area contributed by atoms with E-state index >= 15 is 0 Å². The SMILES string of the molecule is CCCC(C)N(C)S(=O)(=O)c1cc(CNCC)sc1Br. The summed E-state index contributed by atoms with van der Waals surface area (Å²) < 4.78 is 27.4. The molecule has 1 atom stereocenters. The third kappa shape index (κ3) is 4.27. The van der Waals surface area contributed by atoms with Gasteiger partial charge in [0.1, 0.15) is 4.90 Å². The maximum absolute atomic E-state index is 12.6. The van der Waals surface area contributed by atoms with Gasteiger partial charge >= 0.3 is 0 Å². The summed E-state index contributed by atoms with van der Waals surface area (Å²) in [6, 6.07) is 1.77. The van der Waals surface area contributed by atoms with Crippen LogP contribution in [0.1, 0.15) is 38.5 Å². The Hall–Kier alpha value is 0.0500. The van der Waals surface area contributed by atoms with Gasteiger partial charge in [-0.15, -0.1) is 11.3 Å². The average molecular weight is 383 g/mol. The maximum Gasteiger partial charge on any atom is 0.245 e. The predicted octanol–water partition coefficient (Wildman–Crippen LogP) is 3.43. The van der Waals surface area contributed by atoms with E-state index in [-0.39, 0.29) is 6.04 Å². The molecule has 1 aromatic heterocycles. The number of halogens is 1. The van der Waals surface area contributed by atoms with Crippen molar-refractivity contribution in [2.75, 3.05) is 13.6 Å². The first-order chi connectivity index (χ1) is 9.34. The molecular formula is C13H23BrN2O2S2. The lowest BCUT2D eigenvalue weighted by atomic mass is 10.2. The summed E-state index contributed by atoms with van der Waals surface area (Å²) in [4.78, 5) is 1.40. The van der Waals surface area contributed by atoms with Crippen molar-refractivity contribution < 1.29 is 8.42 Å². The Balaban J connectivity index is 3.00. The van der Waals surface area contributed by atoms with E-state index in [1.165, 1.54) is 15.6 Å². The fraction of sp³-hybridized carbons (Fsp3) is 0.692. The molecule has 0 saturated heterocycles. The quantitative estimate of drug-likeness (QED) is 0.748. The summed E-state index contributed by atoms with van der Waals surface area (Å²) in [5.41, 5.74) is 0. The lowest BCUT2D eigenvalue weighted by molar-refractivity contribution is 0.368. The highest BCUT2D eigenvalue weighted by molar-refractivity contribution is 9.11. The lowest BCUT2D eigenvalue weighted by Crippen LogP contribution is -2.34. The number of nitrogens with one attached hydrogen (secondary N) is 1. The molecule has 20 heavy (non-hydrogen) atoms. The molecule has 0 aliphatic carbocycles. The zero-order chi connectivity index (χ0) is 15.3. The highest BCUT2D eigenvalue weighted by atomic mass is 79.9. The van der Waals surface area contributed by atoms with Gasteiger partial charge in [-0.2, -0.15) is 4.31 Å². The Bertz CT molecular complexity index is 528. The second-order valence-corrected chi connectivity index (χ2v) is 9.21. The third-order valence-corrected chi connectivity index (χ3v) is 7.46. The van der Waals surface area contributed by atoms with Crippen LogP contribution in [-0.2, 0) is 16.6 Å². The van der Waals surface area contributed by atoms with Crippen LogP contribution in [0.15, 0.2) is 14.7 Å². The summed E-state index contributed by atoms with van der Waals surface area (Å²) in [5, 5.41) is 3.21. The minimum atomic E-state index is -3.43. The van der Waals surface area contributed by atoms with Gasteiger partial charge in [-0.3, -0.25) is 0 Å². The lowest BCUT2D eigenvalue weighted by Gasteiger charge is -2.23. The summed E-state index contributed by atoms with van der Waals surface area (Å²) >= 11 is 4.86. The second-order valence-electron chi connectivity index (χ2n) is 4.79. The molecule has 1 aromatic rings. The van der Waals surface area contributed by atoms with Crippen molar-refractivity contribution in [2.24, 2.45) is 0 Å². The Kier molecular flexibility index (Phi) is 7.14. The molecule has 0 amide bonds. The number of hydrogen-bond donors (Lipinski definition) is 1. The number of nitrogens with zero attached hydrogens (tertiary/aromatic N) is 1. The smallest absolute Gasteiger partial charge is 0.245 e. The molecule has 0 bridgehead atoms. The van der Waals surface area contributed by atoms with E-state index in [1.54, 1.807) is 13.1 Å². The van der Waals surface area contributed by atoms with Gasteiger partial charge < -0.3 is 5.32 Å². The number of thiophene rings is 1. The van der Waals surface area contributed by atoms with Crippen molar-refractivity contribution in [1.29, 1.82) is 0 Å². The van der Waals surface area contributed by atoms with Crippen LogP contribution in [0.5, 0.6) is 0 Å². The van der Waals surface area contributed by atoms with Crippen molar-refractivity contribution in [3.8, 4) is 0 Å². The van der Waals surface area contributed by atoms with E-state index < -0.39 is 10.0 Å². The molecule has 0 spiro atoms. The van der Waals surface area contributed by atoms with Gasteiger partial charge in [0.15, 0.2) is 0 Å². The molecular weight excluding hydrogens is 360 g/mol. The molecule has 1 N–H and O–H groups in total. The zero-order valence-electron chi connectivity index (χ0n) is 12.4. The third-order valence-electron chi connectivity index (χ3n) is 3.24. The van der Waals surface area contributed by atoms with Gasteiger partial charge in [-0.1, -0.05) is 20.3 Å². The fourth-order valence-corrected chi connectivity index (χ4v) is 5.89. The van der Waals surface area contributed by atoms with Crippen LogP contribution < -0.4 is 5.32 Å². The summed E-state index contributed by atoms with van der Waals surface area (Å²) in [7, 11) is -1.77. The van der Waals surface area contributed by atoms with E-state index in [0.29, 0.717) is 15.2 Å². The minimum absolute atomic E-state index is 0.00835. The molecule has 7 heteroatoms. The maximum atomic E-state index is 12.6. The molecule has 0 aliphatic heterocycles. The Morgan fingerprint density at radius 3 is 2.65 bits per heavy atom. The van der Waals surface area contributed by atoms with Gasteiger partial charge in [-0.25, -0.2) is 8.42 Å². The molecule has 1 rings (SSSR count). The van der Waals surface area contributed by atoms with Gasteiger partial charge in [0.05, 0.1) is 3.79 Å². The Labute approximate surface area is 134 Å². The first kappa shape index (κ1) is 18.1. The van der Waals surface area contributed by atoms with Crippen LogP contribution in [0, 0.1) is 0 Å². The van der Waals surface area contributed by atoms with Crippen molar-refractivity contribution in [3.05, 3.63) is 14.7 Å². The van der Waals surface area contributed by atoms with Crippen molar-refractivity contribution >= 4 is 37.3 Å². The first-order valence-electron chi connectivity index (χ1n) is 6.81. The molecule has 0 radical (unpaired) electrons. The molecule has 0 aliphatic rings. The molecule has 0 saturated carbocycles. The number of sulfonamides is 1. The molecule has 1 unspecified atom stereocenters. The van der Waals surface area contributed by atoms with Crippen LogP contribution in [-0.4, -0.2) is 32.4 Å². The van der Waals surface area contributed by atoms with Crippen LogP contribution in [0.25, 0.3) is 0 Å². The molecule has 1 heterocycles. The van der Waals surface area contributed by atoms with Crippen LogP contribution >= 0.6 is 27.3 Å². The predicted molar refractivity (Wildman–Crippen MR) is 88.7 cm³/mol. The van der Waals surface area contributed by atoms with Crippen LogP contribution in [0.3, 0.4) is 0 Å². The van der Waals surface area contributed by atoms with Gasteiger partial charge in [0.25, 0.3) is 0 Å². The highest BCUT2D eigenvalue weighted by Crippen LogP contribution is 2.34. The van der Waals surface area contributed by atoms with E-state index in [9.17, 15) is 8.42 Å². The van der Waals surface area contributed by atoms with Gasteiger partial charge in [0, 0.05) is 24.5 Å². The van der Waals surface area contributed by atoms with Crippen LogP contribution in [0.4, 0.5) is 0 Å². The Morgan fingerprint density at radius 1 is 1.45 bits per heavy atom. The van der Waals surface area contributed by atoms with Crippen LogP contribution in [0.2, 0.25) is 0 Å². The highest BCUT2D eigenvalue weighted by Gasteiger charge is 2.28. The van der Waals surface area contributed by atoms with Crippen molar-refractivity contribution in [1.82, 2.24) is 9.62 Å². The first-order valence-corrected chi connectivity index (χ1v) is 9.86. The van der Waals surface area contributed by atoms with Crippen molar-refractivity contribution in [2.45, 2.75) is 51.1 Å². The topological polar surface area (TPSA) is 49.4 Å². The average Bonchev–Trinajstić information content (AvgIpc) is 2.77. The second kappa shape index (κ2) is 7.89. The van der Waals surface area contributed by atoms with E-state index in [0.717, 1.165) is 24.3 Å². The standard InChI is InChI=1S/C13H23BrN2O2S2/c1-5-7-10(3)16(4)20(17,18)12-8-11(9-15-6-2)19-13(12)14/h8,10,15H,5-7,9H2,1-4H3. The van der Waals surface area contributed by atoms with E-state index in [4.69, 9.17) is 0 Å². The van der Waals surface area contributed by atoms with E-state index in [1.807, 2.05) is 13.8 Å². The summed E-state index contributed by atoms with van der Waals surface area (Å²) in [6.07, 6.45) is 1.83. The summed E-state index contributed by atoms with van der Waals surface area (Å²) in [5.74, 6) is 0.